The molecule has 1 rings (SSSR count). The third-order valence-electron chi connectivity index (χ3n) is 4.15. The summed E-state index contributed by atoms with van der Waals surface area (Å²) in [4.78, 5) is 55.9. The van der Waals surface area contributed by atoms with E-state index in [-0.39, 0.29) is 19.5 Å². The summed E-state index contributed by atoms with van der Waals surface area (Å²) in [6.45, 7) is 3.68. The maximum absolute atomic E-state index is 11.6. The number of benzene rings is 1. The van der Waals surface area contributed by atoms with Crippen LogP contribution < -0.4 is 16.0 Å². The van der Waals surface area contributed by atoms with Crippen LogP contribution in [0.4, 0.5) is 5.69 Å². The lowest BCUT2D eigenvalue weighted by atomic mass is 10.1. The highest BCUT2D eigenvalue weighted by atomic mass is 16.2. The molecule has 0 fully saturated rings. The summed E-state index contributed by atoms with van der Waals surface area (Å²) in [6, 6.07) is 7.71. The summed E-state index contributed by atoms with van der Waals surface area (Å²) in [7, 11) is 3.42. The van der Waals surface area contributed by atoms with Gasteiger partial charge in [-0.15, -0.1) is 0 Å². The van der Waals surface area contributed by atoms with Gasteiger partial charge in [-0.3, -0.25) is 19.2 Å². The topological polar surface area (TPSA) is 125 Å². The zero-order valence-electron chi connectivity index (χ0n) is 18.5. The Labute approximate surface area is 183 Å². The predicted octanol–water partition coefficient (Wildman–Crippen LogP) is 0.701. The Hall–Kier alpha value is -3.49. The van der Waals surface area contributed by atoms with E-state index in [4.69, 9.17) is 0 Å². The van der Waals surface area contributed by atoms with Gasteiger partial charge in [0.1, 0.15) is 18.6 Å². The second-order valence-corrected chi connectivity index (χ2v) is 6.51. The Bertz CT molecular complexity index is 724. The molecule has 0 aliphatic carbocycles. The Balaban J connectivity index is 0.000000743. The van der Waals surface area contributed by atoms with E-state index >= 15 is 0 Å². The van der Waals surface area contributed by atoms with Crippen LogP contribution in [0.3, 0.4) is 0 Å². The van der Waals surface area contributed by atoms with Gasteiger partial charge in [0.15, 0.2) is 0 Å². The number of aryl methyl sites for hydroxylation is 1. The predicted molar refractivity (Wildman–Crippen MR) is 120 cm³/mol. The van der Waals surface area contributed by atoms with Crippen molar-refractivity contribution >= 4 is 36.0 Å². The lowest BCUT2D eigenvalue weighted by Crippen LogP contribution is -2.45. The maximum Gasteiger partial charge on any atom is 0.246 e. The van der Waals surface area contributed by atoms with Crippen molar-refractivity contribution in [1.29, 1.82) is 0 Å². The molecule has 9 nitrogen and oxygen atoms in total. The maximum atomic E-state index is 11.6. The van der Waals surface area contributed by atoms with Crippen LogP contribution in [0, 0.1) is 0 Å². The van der Waals surface area contributed by atoms with E-state index in [9.17, 15) is 24.0 Å². The minimum absolute atomic E-state index is 0.0163. The average Bonchev–Trinajstić information content (AvgIpc) is 2.79. The Morgan fingerprint density at radius 3 is 2.29 bits per heavy atom. The number of hydrogen-bond donors (Lipinski definition) is 3. The average molecular weight is 433 g/mol. The molecule has 1 aromatic rings. The van der Waals surface area contributed by atoms with E-state index in [1.807, 2.05) is 7.05 Å². The van der Waals surface area contributed by atoms with E-state index in [2.05, 4.69) is 47.1 Å². The normalized spacial score (nSPS) is 10.8. The summed E-state index contributed by atoms with van der Waals surface area (Å²) < 4.78 is 0. The van der Waals surface area contributed by atoms with Crippen LogP contribution in [0.25, 0.3) is 0 Å². The molecule has 9 heteroatoms. The minimum atomic E-state index is -0.770. The fourth-order valence-corrected chi connectivity index (χ4v) is 2.21. The first kappa shape index (κ1) is 27.5. The lowest BCUT2D eigenvalue weighted by molar-refractivity contribution is -0.130. The van der Waals surface area contributed by atoms with Crippen LogP contribution in [0.2, 0.25) is 0 Å². The van der Waals surface area contributed by atoms with Gasteiger partial charge in [-0.25, -0.2) is 0 Å². The van der Waals surface area contributed by atoms with Crippen molar-refractivity contribution in [2.45, 2.75) is 32.7 Å². The highest BCUT2D eigenvalue weighted by Crippen LogP contribution is 2.08. The van der Waals surface area contributed by atoms with Crippen molar-refractivity contribution in [3.63, 3.8) is 0 Å². The molecule has 1 atom stereocenters. The third-order valence-corrected chi connectivity index (χ3v) is 4.15. The molecular formula is C22H32N4O5. The molecule has 0 saturated carbocycles. The van der Waals surface area contributed by atoms with E-state index in [1.165, 1.54) is 30.1 Å². The number of anilines is 1. The smallest absolute Gasteiger partial charge is 0.246 e. The van der Waals surface area contributed by atoms with Crippen molar-refractivity contribution in [2.75, 3.05) is 32.5 Å². The number of nitrogens with one attached hydrogen (secondary N) is 3. The van der Waals surface area contributed by atoms with Gasteiger partial charge in [0.05, 0.1) is 6.54 Å². The highest BCUT2D eigenvalue weighted by molar-refractivity contribution is 5.91. The summed E-state index contributed by atoms with van der Waals surface area (Å²) in [5.41, 5.74) is 2.57. The summed E-state index contributed by atoms with van der Waals surface area (Å²) >= 11 is 0. The van der Waals surface area contributed by atoms with Gasteiger partial charge >= 0.3 is 0 Å². The number of hydrogen-bond acceptors (Lipinski definition) is 6. The number of amides is 3. The Kier molecular flexibility index (Phi) is 14.5. The number of nitrogens with zero attached hydrogens (tertiary/aromatic N) is 1. The van der Waals surface area contributed by atoms with Crippen molar-refractivity contribution in [2.24, 2.45) is 0 Å². The molecule has 0 heterocycles. The van der Waals surface area contributed by atoms with Crippen LogP contribution in [-0.2, 0) is 30.4 Å². The number of aldehydes is 2. The number of carbonyl (C=O) groups is 5. The second-order valence-electron chi connectivity index (χ2n) is 6.51. The molecule has 3 N–H and O–H groups in total. The van der Waals surface area contributed by atoms with Gasteiger partial charge in [-0.1, -0.05) is 19.1 Å². The van der Waals surface area contributed by atoms with Crippen LogP contribution in [0.15, 0.2) is 36.4 Å². The molecule has 0 radical (unpaired) electrons. The zero-order chi connectivity index (χ0) is 23.6. The quantitative estimate of drug-likeness (QED) is 0.349. The molecule has 0 aliphatic heterocycles. The van der Waals surface area contributed by atoms with Crippen molar-refractivity contribution < 1.29 is 24.0 Å². The van der Waals surface area contributed by atoms with Crippen LogP contribution in [0.5, 0.6) is 0 Å². The largest absolute Gasteiger partial charge is 0.388 e. The molecule has 0 aliphatic rings. The summed E-state index contributed by atoms with van der Waals surface area (Å²) in [5, 5.41) is 7.84. The van der Waals surface area contributed by atoms with Crippen LogP contribution in [0.1, 0.15) is 25.8 Å². The molecule has 1 aromatic carbocycles. The van der Waals surface area contributed by atoms with Gasteiger partial charge < -0.3 is 25.6 Å². The molecule has 170 valence electrons. The first-order valence-corrected chi connectivity index (χ1v) is 9.93. The molecular weight excluding hydrogens is 400 g/mol. The third kappa shape index (κ3) is 12.6. The second kappa shape index (κ2) is 16.3. The van der Waals surface area contributed by atoms with E-state index in [0.717, 1.165) is 18.6 Å². The minimum Gasteiger partial charge on any atom is -0.388 e. The molecule has 31 heavy (non-hydrogen) atoms. The van der Waals surface area contributed by atoms with Crippen molar-refractivity contribution in [3.8, 4) is 0 Å². The number of likely N-dealkylation sites (N-methyl/N-ethyl adjacent to an activating group) is 1. The van der Waals surface area contributed by atoms with Gasteiger partial charge in [0.25, 0.3) is 0 Å². The number of allylic oxidation sites excluding steroid dienone is 1. The SMILES string of the molecule is CC(NC(=O)CCN(C)C(=O)/C=C\C=O)C(=O)NCC=O.CCc1ccc(NC)cc1. The fraction of sp³-hybridized carbons (Fsp3) is 0.409. The lowest BCUT2D eigenvalue weighted by Gasteiger charge is -2.16. The zero-order valence-corrected chi connectivity index (χ0v) is 18.5. The van der Waals surface area contributed by atoms with E-state index < -0.39 is 23.8 Å². The Morgan fingerprint density at radius 1 is 1.13 bits per heavy atom. The molecule has 3 amide bonds. The number of rotatable bonds is 11. The van der Waals surface area contributed by atoms with Crippen molar-refractivity contribution in [3.05, 3.63) is 42.0 Å². The van der Waals surface area contributed by atoms with Gasteiger partial charge in [-0.05, 0) is 37.1 Å². The van der Waals surface area contributed by atoms with Crippen LogP contribution >= 0.6 is 0 Å². The van der Waals surface area contributed by atoms with Gasteiger partial charge in [-0.2, -0.15) is 0 Å². The number of carbonyl (C=O) groups excluding carboxylic acids is 5. The fourth-order valence-electron chi connectivity index (χ4n) is 2.21. The standard InChI is InChI=1S/C13H19N3O5.C9H13N/c1-10(13(21)14-6-9-18)15-11(19)5-7-16(2)12(20)4-3-8-17;1-3-8-4-6-9(10-2)7-5-8/h3-4,8-10H,5-7H2,1-2H3,(H,14,21)(H,15,19);4-7,10H,3H2,1-2H3/b4-3-;. The highest BCUT2D eigenvalue weighted by Gasteiger charge is 2.15. The van der Waals surface area contributed by atoms with E-state index in [0.29, 0.717) is 12.6 Å². The first-order chi connectivity index (χ1) is 14.8. The molecule has 0 aromatic heterocycles. The van der Waals surface area contributed by atoms with Crippen molar-refractivity contribution in [1.82, 2.24) is 15.5 Å². The molecule has 0 spiro atoms. The summed E-state index contributed by atoms with van der Waals surface area (Å²) in [5.74, 6) is -1.26. The molecule has 0 bridgehead atoms. The Morgan fingerprint density at radius 2 is 1.77 bits per heavy atom. The van der Waals surface area contributed by atoms with Gasteiger partial charge in [0, 0.05) is 38.8 Å². The van der Waals surface area contributed by atoms with Gasteiger partial charge in [0.2, 0.25) is 17.7 Å². The first-order valence-electron chi connectivity index (χ1n) is 9.93. The molecule has 1 unspecified atom stereocenters. The van der Waals surface area contributed by atoms with E-state index in [1.54, 1.807) is 0 Å². The monoisotopic (exact) mass is 432 g/mol. The molecule has 0 saturated heterocycles. The van der Waals surface area contributed by atoms with Crippen LogP contribution in [-0.4, -0.2) is 68.4 Å². The summed E-state index contributed by atoms with van der Waals surface area (Å²) in [6.07, 6.45) is 4.32.